The quantitative estimate of drug-likeness (QED) is 0.741. The van der Waals surface area contributed by atoms with Crippen LogP contribution < -0.4 is 15.4 Å². The van der Waals surface area contributed by atoms with Crippen molar-refractivity contribution in [2.24, 2.45) is 0 Å². The van der Waals surface area contributed by atoms with Gasteiger partial charge in [0.2, 0.25) is 0 Å². The van der Waals surface area contributed by atoms with Crippen LogP contribution in [0, 0.1) is 0 Å². The SMILES string of the molecule is COCCNCc1ccc2c(c1)NC(=O)CO2. The zero-order valence-electron chi connectivity index (χ0n) is 9.79. The average Bonchev–Trinajstić information content (AvgIpc) is 2.34. The molecule has 92 valence electrons. The number of anilines is 1. The zero-order valence-corrected chi connectivity index (χ0v) is 9.79. The number of fused-ring (bicyclic) bond motifs is 1. The summed E-state index contributed by atoms with van der Waals surface area (Å²) in [6, 6.07) is 5.78. The summed E-state index contributed by atoms with van der Waals surface area (Å²) in [4.78, 5) is 11.2. The van der Waals surface area contributed by atoms with Gasteiger partial charge in [0.1, 0.15) is 5.75 Å². The molecule has 0 unspecified atom stereocenters. The van der Waals surface area contributed by atoms with Crippen molar-refractivity contribution >= 4 is 11.6 Å². The molecule has 0 saturated heterocycles. The monoisotopic (exact) mass is 236 g/mol. The molecule has 0 aromatic heterocycles. The summed E-state index contributed by atoms with van der Waals surface area (Å²) in [6.07, 6.45) is 0. The van der Waals surface area contributed by atoms with Crippen LogP contribution in [0.1, 0.15) is 5.56 Å². The van der Waals surface area contributed by atoms with E-state index >= 15 is 0 Å². The number of hydrogen-bond acceptors (Lipinski definition) is 4. The molecule has 0 fully saturated rings. The highest BCUT2D eigenvalue weighted by molar-refractivity contribution is 5.95. The summed E-state index contributed by atoms with van der Waals surface area (Å²) in [5, 5.41) is 6.03. The molecule has 1 amide bonds. The lowest BCUT2D eigenvalue weighted by Crippen LogP contribution is -2.25. The maximum Gasteiger partial charge on any atom is 0.262 e. The smallest absolute Gasteiger partial charge is 0.262 e. The lowest BCUT2D eigenvalue weighted by atomic mass is 10.1. The first kappa shape index (κ1) is 11.9. The van der Waals surface area contributed by atoms with E-state index in [-0.39, 0.29) is 12.5 Å². The van der Waals surface area contributed by atoms with E-state index in [9.17, 15) is 4.79 Å². The number of rotatable bonds is 5. The van der Waals surface area contributed by atoms with Gasteiger partial charge in [-0.3, -0.25) is 4.79 Å². The molecular formula is C12H16N2O3. The summed E-state index contributed by atoms with van der Waals surface area (Å²) in [7, 11) is 1.67. The van der Waals surface area contributed by atoms with Gasteiger partial charge in [0.15, 0.2) is 6.61 Å². The molecule has 2 N–H and O–H groups in total. The van der Waals surface area contributed by atoms with E-state index in [1.165, 1.54) is 0 Å². The van der Waals surface area contributed by atoms with E-state index in [1.807, 2.05) is 18.2 Å². The van der Waals surface area contributed by atoms with Crippen LogP contribution in [-0.4, -0.2) is 32.8 Å². The van der Waals surface area contributed by atoms with Gasteiger partial charge in [0, 0.05) is 20.2 Å². The van der Waals surface area contributed by atoms with Crippen molar-refractivity contribution in [1.29, 1.82) is 0 Å². The first-order valence-electron chi connectivity index (χ1n) is 5.55. The van der Waals surface area contributed by atoms with Crippen LogP contribution in [0.3, 0.4) is 0 Å². The second kappa shape index (κ2) is 5.65. The van der Waals surface area contributed by atoms with Gasteiger partial charge in [0.25, 0.3) is 5.91 Å². The summed E-state index contributed by atoms with van der Waals surface area (Å²) in [5.74, 6) is 0.618. The molecule has 1 aliphatic heterocycles. The second-order valence-electron chi connectivity index (χ2n) is 3.84. The normalized spacial score (nSPS) is 13.8. The molecule has 5 nitrogen and oxygen atoms in total. The molecule has 1 heterocycles. The Morgan fingerprint density at radius 2 is 2.41 bits per heavy atom. The summed E-state index contributed by atoms with van der Waals surface area (Å²) >= 11 is 0. The predicted octanol–water partition coefficient (Wildman–Crippen LogP) is 0.753. The lowest BCUT2D eigenvalue weighted by Gasteiger charge is -2.18. The van der Waals surface area contributed by atoms with E-state index in [2.05, 4.69) is 10.6 Å². The highest BCUT2D eigenvalue weighted by Gasteiger charge is 2.15. The van der Waals surface area contributed by atoms with Crippen LogP contribution in [0.25, 0.3) is 0 Å². The molecule has 5 heteroatoms. The number of ether oxygens (including phenoxy) is 2. The number of carbonyl (C=O) groups is 1. The number of nitrogens with one attached hydrogen (secondary N) is 2. The van der Waals surface area contributed by atoms with E-state index in [0.717, 1.165) is 30.1 Å². The third-order valence-corrected chi connectivity index (χ3v) is 2.49. The molecule has 2 rings (SSSR count). The van der Waals surface area contributed by atoms with Gasteiger partial charge in [-0.15, -0.1) is 0 Å². The minimum atomic E-state index is -0.109. The molecule has 0 atom stereocenters. The molecule has 0 saturated carbocycles. The van der Waals surface area contributed by atoms with Gasteiger partial charge < -0.3 is 20.1 Å². The van der Waals surface area contributed by atoms with Crippen LogP contribution >= 0.6 is 0 Å². The van der Waals surface area contributed by atoms with Crippen LogP contribution in [0.4, 0.5) is 5.69 Å². The number of carbonyl (C=O) groups excluding carboxylic acids is 1. The van der Waals surface area contributed by atoms with Gasteiger partial charge in [-0.05, 0) is 17.7 Å². The Balaban J connectivity index is 1.95. The molecule has 0 spiro atoms. The van der Waals surface area contributed by atoms with Crippen LogP contribution in [-0.2, 0) is 16.1 Å². The van der Waals surface area contributed by atoms with Crippen molar-refractivity contribution < 1.29 is 14.3 Å². The molecular weight excluding hydrogens is 220 g/mol. The third-order valence-electron chi connectivity index (χ3n) is 2.49. The lowest BCUT2D eigenvalue weighted by molar-refractivity contribution is -0.118. The minimum Gasteiger partial charge on any atom is -0.482 e. The summed E-state index contributed by atoms with van der Waals surface area (Å²) in [5.41, 5.74) is 1.85. The topological polar surface area (TPSA) is 59.6 Å². The van der Waals surface area contributed by atoms with Crippen molar-refractivity contribution in [2.45, 2.75) is 6.54 Å². The highest BCUT2D eigenvalue weighted by Crippen LogP contribution is 2.28. The van der Waals surface area contributed by atoms with E-state index < -0.39 is 0 Å². The van der Waals surface area contributed by atoms with Gasteiger partial charge in [-0.1, -0.05) is 6.07 Å². The van der Waals surface area contributed by atoms with E-state index in [4.69, 9.17) is 9.47 Å². The van der Waals surface area contributed by atoms with E-state index in [1.54, 1.807) is 7.11 Å². The number of amides is 1. The average molecular weight is 236 g/mol. The van der Waals surface area contributed by atoms with Gasteiger partial charge >= 0.3 is 0 Å². The third kappa shape index (κ3) is 3.18. The van der Waals surface area contributed by atoms with Crippen LogP contribution in [0.15, 0.2) is 18.2 Å². The summed E-state index contributed by atoms with van der Waals surface area (Å²) in [6.45, 7) is 2.33. The Bertz CT molecular complexity index is 407. The molecule has 0 radical (unpaired) electrons. The molecule has 17 heavy (non-hydrogen) atoms. The Labute approximate surface area is 100 Å². The fourth-order valence-corrected chi connectivity index (χ4v) is 1.65. The van der Waals surface area contributed by atoms with Gasteiger partial charge in [-0.2, -0.15) is 0 Å². The van der Waals surface area contributed by atoms with E-state index in [0.29, 0.717) is 6.61 Å². The van der Waals surface area contributed by atoms with Crippen molar-refractivity contribution in [3.05, 3.63) is 23.8 Å². The predicted molar refractivity (Wildman–Crippen MR) is 64.1 cm³/mol. The number of benzene rings is 1. The van der Waals surface area contributed by atoms with Gasteiger partial charge in [-0.25, -0.2) is 0 Å². The van der Waals surface area contributed by atoms with Gasteiger partial charge in [0.05, 0.1) is 12.3 Å². The minimum absolute atomic E-state index is 0.0957. The highest BCUT2D eigenvalue weighted by atomic mass is 16.5. The zero-order chi connectivity index (χ0) is 12.1. The fourth-order valence-electron chi connectivity index (χ4n) is 1.65. The maximum absolute atomic E-state index is 11.2. The molecule has 0 aliphatic carbocycles. The van der Waals surface area contributed by atoms with Crippen molar-refractivity contribution in [3.63, 3.8) is 0 Å². The number of hydrogen-bond donors (Lipinski definition) is 2. The molecule has 1 aromatic rings. The Kier molecular flexibility index (Phi) is 3.95. The maximum atomic E-state index is 11.2. The Hall–Kier alpha value is -1.59. The molecule has 1 aliphatic rings. The van der Waals surface area contributed by atoms with Crippen LogP contribution in [0.2, 0.25) is 0 Å². The molecule has 0 bridgehead atoms. The largest absolute Gasteiger partial charge is 0.482 e. The van der Waals surface area contributed by atoms with Crippen molar-refractivity contribution in [3.8, 4) is 5.75 Å². The summed E-state index contributed by atoms with van der Waals surface area (Å²) < 4.78 is 10.2. The van der Waals surface area contributed by atoms with Crippen LogP contribution in [0.5, 0.6) is 5.75 Å². The van der Waals surface area contributed by atoms with Crippen molar-refractivity contribution in [1.82, 2.24) is 5.32 Å². The Morgan fingerprint density at radius 1 is 1.53 bits per heavy atom. The number of methoxy groups -OCH3 is 1. The molecule has 1 aromatic carbocycles. The fraction of sp³-hybridized carbons (Fsp3) is 0.417. The first-order valence-corrected chi connectivity index (χ1v) is 5.55. The first-order chi connectivity index (χ1) is 8.29. The van der Waals surface area contributed by atoms with Crippen molar-refractivity contribution in [2.75, 3.05) is 32.2 Å². The standard InChI is InChI=1S/C12H16N2O3/c1-16-5-4-13-7-9-2-3-11-10(6-9)14-12(15)8-17-11/h2-3,6,13H,4-5,7-8H2,1H3,(H,14,15). The Morgan fingerprint density at radius 3 is 3.24 bits per heavy atom. The second-order valence-corrected chi connectivity index (χ2v) is 3.84.